The molecule has 0 spiro atoms. The highest BCUT2D eigenvalue weighted by molar-refractivity contribution is 7.88. The fourth-order valence-electron chi connectivity index (χ4n) is 4.93. The van der Waals surface area contributed by atoms with Crippen molar-refractivity contribution in [2.24, 2.45) is 0 Å². The van der Waals surface area contributed by atoms with E-state index in [0.29, 0.717) is 33.1 Å². The van der Waals surface area contributed by atoms with Crippen molar-refractivity contribution in [2.45, 2.75) is 26.3 Å². The summed E-state index contributed by atoms with van der Waals surface area (Å²) in [6, 6.07) is 16.9. The lowest BCUT2D eigenvalue weighted by molar-refractivity contribution is -0.677. The summed E-state index contributed by atoms with van der Waals surface area (Å²) in [5, 5.41) is 12.5. The Morgan fingerprint density at radius 1 is 1.12 bits per heavy atom. The number of aliphatic hydroxyl groups excluding tert-OH is 1. The summed E-state index contributed by atoms with van der Waals surface area (Å²) in [7, 11) is -7.85. The number of hydrogen-bond acceptors (Lipinski definition) is 7. The second kappa shape index (κ2) is 12.3. The molecule has 10 nitrogen and oxygen atoms in total. The number of allylic oxidation sites excluding steroid dienone is 1. The predicted molar refractivity (Wildman–Crippen MR) is 168 cm³/mol. The Morgan fingerprint density at radius 3 is 2.58 bits per heavy atom. The van der Waals surface area contributed by atoms with Gasteiger partial charge in [-0.05, 0) is 47.7 Å². The van der Waals surface area contributed by atoms with Crippen LogP contribution in [0.4, 0.5) is 0 Å². The summed E-state index contributed by atoms with van der Waals surface area (Å²) in [5.74, 6) is 0.129. The van der Waals surface area contributed by atoms with Crippen LogP contribution in [0.15, 0.2) is 64.6 Å². The summed E-state index contributed by atoms with van der Waals surface area (Å²) in [6.07, 6.45) is 5.47. The van der Waals surface area contributed by atoms with Crippen LogP contribution in [0.3, 0.4) is 0 Å². The average Bonchev–Trinajstić information content (AvgIpc) is 3.47. The van der Waals surface area contributed by atoms with Gasteiger partial charge in [-0.2, -0.15) is 30.4 Å². The molecule has 226 valence electrons. The molecular formula is C29H30ClN3O7S3+2. The van der Waals surface area contributed by atoms with Crippen molar-refractivity contribution in [1.82, 2.24) is 4.72 Å². The Kier molecular flexibility index (Phi) is 8.93. The summed E-state index contributed by atoms with van der Waals surface area (Å²) < 4.78 is 70.2. The fraction of sp³-hybridized carbons (Fsp3) is 0.241. The molecule has 0 radical (unpaired) electrons. The zero-order chi connectivity index (χ0) is 30.9. The molecule has 0 saturated heterocycles. The SMILES string of the molecule is CCC(=Cc1oc2ccc3ccccc3c2[n+]1CCCS(=O)(=O)O)C=c1sc2ccc(Cl)cc2[n+]1=C(CO)NS(C)(=O)=O. The van der Waals surface area contributed by atoms with Gasteiger partial charge in [-0.1, -0.05) is 54.1 Å². The lowest BCUT2D eigenvalue weighted by atomic mass is 10.1. The van der Waals surface area contributed by atoms with Crippen LogP contribution in [0, 0.1) is 5.84 Å². The van der Waals surface area contributed by atoms with Gasteiger partial charge in [-0.25, -0.2) is 0 Å². The fourth-order valence-corrected chi connectivity index (χ4v) is 7.31. The van der Waals surface area contributed by atoms with Crippen molar-refractivity contribution < 1.29 is 39.7 Å². The largest absolute Gasteiger partial charge is 0.398 e. The zero-order valence-corrected chi connectivity index (χ0v) is 26.5. The van der Waals surface area contributed by atoms with Gasteiger partial charge in [-0.3, -0.25) is 4.55 Å². The maximum absolute atomic E-state index is 12.1. The first-order valence-corrected chi connectivity index (χ1v) is 18.0. The first-order valence-electron chi connectivity index (χ1n) is 13.3. The Bertz CT molecular complexity index is 2240. The number of rotatable bonds is 10. The second-order valence-electron chi connectivity index (χ2n) is 9.95. The standard InChI is InChI=1S/C29H28ClN3O7S3/c1-3-19(16-28-33(26(18-34)31-42(2,35)36)23-17-21(30)10-12-25(23)41-28)15-27-32(13-6-14-43(37,38)39)29-22-8-5-4-7-20(22)9-11-24(29)40-27/h4-5,7-12,15-17,34H,3,6,13-14,18H2,1-2H3/p+2. The third-order valence-corrected chi connectivity index (χ3v) is 9.46. The first-order chi connectivity index (χ1) is 20.4. The van der Waals surface area contributed by atoms with Gasteiger partial charge < -0.3 is 9.52 Å². The summed E-state index contributed by atoms with van der Waals surface area (Å²) >= 11 is 7.67. The van der Waals surface area contributed by atoms with Crippen LogP contribution in [-0.4, -0.2) is 45.1 Å². The smallest absolute Gasteiger partial charge is 0.374 e. The molecule has 5 aromatic rings. The molecule has 3 N–H and O–H groups in total. The molecule has 0 aliphatic carbocycles. The van der Waals surface area contributed by atoms with E-state index in [9.17, 15) is 26.5 Å². The molecular weight excluding hydrogens is 634 g/mol. The van der Waals surface area contributed by atoms with Crippen molar-refractivity contribution in [3.05, 3.63) is 81.6 Å². The van der Waals surface area contributed by atoms with Crippen LogP contribution in [-0.2, 0) is 26.7 Å². The highest BCUT2D eigenvalue weighted by Gasteiger charge is 2.25. The molecule has 5 rings (SSSR count). The van der Waals surface area contributed by atoms with Crippen LogP contribution in [0.25, 0.3) is 44.2 Å². The van der Waals surface area contributed by atoms with Crippen molar-refractivity contribution >= 4 is 87.3 Å². The van der Waals surface area contributed by atoms with Gasteiger partial charge in [0.05, 0.1) is 28.2 Å². The maximum atomic E-state index is 12.1. The Hall–Kier alpha value is -3.33. The van der Waals surface area contributed by atoms with Crippen LogP contribution in [0.2, 0.25) is 5.02 Å². The molecule has 3 aromatic carbocycles. The molecule has 0 unspecified atom stereocenters. The van der Waals surface area contributed by atoms with Crippen LogP contribution in [0.1, 0.15) is 25.7 Å². The summed E-state index contributed by atoms with van der Waals surface area (Å²) in [5.41, 5.74) is 2.85. The van der Waals surface area contributed by atoms with E-state index >= 15 is 0 Å². The highest BCUT2D eigenvalue weighted by atomic mass is 35.5. The molecule has 43 heavy (non-hydrogen) atoms. The Labute approximate surface area is 257 Å². The average molecular weight is 664 g/mol. The van der Waals surface area contributed by atoms with Gasteiger partial charge in [0.15, 0.2) is 16.7 Å². The summed E-state index contributed by atoms with van der Waals surface area (Å²) in [4.78, 5) is 0. The molecule has 0 amide bonds. The van der Waals surface area contributed by atoms with E-state index in [0.717, 1.165) is 32.8 Å². The minimum atomic E-state index is -4.15. The number of sulfonamides is 1. The minimum Gasteiger partial charge on any atom is -0.398 e. The number of halogens is 1. The predicted octanol–water partition coefficient (Wildman–Crippen LogP) is 3.46. The van der Waals surface area contributed by atoms with Crippen LogP contribution >= 0.6 is 22.9 Å². The minimum absolute atomic E-state index is 0.0493. The van der Waals surface area contributed by atoms with Crippen LogP contribution in [0.5, 0.6) is 0 Å². The molecule has 0 atom stereocenters. The van der Waals surface area contributed by atoms with Gasteiger partial charge in [0, 0.05) is 17.5 Å². The third kappa shape index (κ3) is 7.08. The molecule has 2 heterocycles. The molecule has 0 aliphatic heterocycles. The number of thiazole rings is 1. The monoisotopic (exact) mass is 663 g/mol. The van der Waals surface area contributed by atoms with E-state index in [1.54, 1.807) is 16.4 Å². The van der Waals surface area contributed by atoms with E-state index in [2.05, 4.69) is 4.72 Å². The van der Waals surface area contributed by atoms with Crippen molar-refractivity contribution in [1.29, 1.82) is 0 Å². The summed E-state index contributed by atoms with van der Waals surface area (Å²) in [6.45, 7) is 1.65. The lowest BCUT2D eigenvalue weighted by Crippen LogP contribution is -2.44. The normalized spacial score (nSPS) is 14.3. The molecule has 0 fully saturated rings. The quantitative estimate of drug-likeness (QED) is 0.153. The molecule has 2 aromatic heterocycles. The number of aliphatic hydroxyl groups is 1. The maximum Gasteiger partial charge on any atom is 0.374 e. The number of nitrogens with one attached hydrogen (secondary N) is 1. The van der Waals surface area contributed by atoms with Crippen LogP contribution < -0.4 is 18.2 Å². The number of oxazole rings is 1. The highest BCUT2D eigenvalue weighted by Crippen LogP contribution is 2.26. The molecule has 0 aliphatic rings. The second-order valence-corrected chi connectivity index (χ2v) is 14.8. The van der Waals surface area contributed by atoms with Crippen molar-refractivity contribution in [2.75, 3.05) is 18.6 Å². The number of benzene rings is 3. The Balaban J connectivity index is 1.76. The van der Waals surface area contributed by atoms with E-state index in [1.807, 2.05) is 66.1 Å². The third-order valence-electron chi connectivity index (χ3n) is 6.74. The van der Waals surface area contributed by atoms with Gasteiger partial charge in [0.1, 0.15) is 6.61 Å². The topological polar surface area (TPSA) is 144 Å². The van der Waals surface area contributed by atoms with Crippen molar-refractivity contribution in [3.63, 3.8) is 0 Å². The number of hydrogen-bond donors (Lipinski definition) is 3. The molecule has 14 heteroatoms. The number of aryl methyl sites for hydroxylation is 1. The zero-order valence-electron chi connectivity index (χ0n) is 23.3. The van der Waals surface area contributed by atoms with E-state index in [4.69, 9.17) is 16.0 Å². The van der Waals surface area contributed by atoms with E-state index in [-0.39, 0.29) is 18.8 Å². The molecule has 0 saturated carbocycles. The van der Waals surface area contributed by atoms with Crippen molar-refractivity contribution in [3.8, 4) is 0 Å². The Morgan fingerprint density at radius 2 is 1.88 bits per heavy atom. The van der Waals surface area contributed by atoms with Gasteiger partial charge in [-0.15, -0.1) is 0 Å². The number of aromatic nitrogens is 2. The lowest BCUT2D eigenvalue weighted by Gasteiger charge is -2.00. The number of fused-ring (bicyclic) bond motifs is 4. The van der Waals surface area contributed by atoms with Gasteiger partial charge in [0.25, 0.3) is 31.5 Å². The first kappa shape index (κ1) is 31.1. The van der Waals surface area contributed by atoms with E-state index in [1.165, 1.54) is 11.3 Å². The molecule has 0 bridgehead atoms. The van der Waals surface area contributed by atoms with E-state index < -0.39 is 32.5 Å². The van der Waals surface area contributed by atoms with Gasteiger partial charge in [0.2, 0.25) is 5.58 Å². The number of nitrogens with zero attached hydrogens (tertiary/aromatic N) is 2. The van der Waals surface area contributed by atoms with Gasteiger partial charge >= 0.3 is 5.89 Å².